The van der Waals surface area contributed by atoms with Crippen LogP contribution in [-0.4, -0.2) is 17.4 Å². The third-order valence-corrected chi connectivity index (χ3v) is 5.97. The predicted octanol–water partition coefficient (Wildman–Crippen LogP) is 5.98. The zero-order valence-corrected chi connectivity index (χ0v) is 20.1. The van der Waals surface area contributed by atoms with Crippen LogP contribution in [0.15, 0.2) is 84.0 Å². The Morgan fingerprint density at radius 1 is 0.824 bits per heavy atom. The van der Waals surface area contributed by atoms with E-state index in [4.69, 9.17) is 21.7 Å². The van der Waals surface area contributed by atoms with Crippen molar-refractivity contribution in [3.8, 4) is 11.5 Å². The molecule has 1 aliphatic rings. The highest BCUT2D eigenvalue weighted by Gasteiger charge is 2.13. The highest BCUT2D eigenvalue weighted by atomic mass is 32.1. The fraction of sp³-hybridized carbons (Fsp3) is 0.286. The molecule has 0 aliphatic heterocycles. The molecule has 0 radical (unpaired) electrons. The summed E-state index contributed by atoms with van der Waals surface area (Å²) in [5.41, 5.74) is 6.02. The Labute approximate surface area is 207 Å². The van der Waals surface area contributed by atoms with E-state index in [-0.39, 0.29) is 0 Å². The molecule has 0 bridgehead atoms. The molecule has 176 valence electrons. The van der Waals surface area contributed by atoms with E-state index in [1.165, 1.54) is 19.3 Å². The van der Waals surface area contributed by atoms with E-state index in [0.29, 0.717) is 35.9 Å². The largest absolute Gasteiger partial charge is 0.485 e. The first-order valence-corrected chi connectivity index (χ1v) is 12.2. The molecule has 1 saturated carbocycles. The number of thiocarbonyl (C=S) groups is 1. The minimum atomic E-state index is 0.447. The van der Waals surface area contributed by atoms with Crippen molar-refractivity contribution in [2.75, 3.05) is 0 Å². The Bertz CT molecular complexity index is 1070. The second-order valence-corrected chi connectivity index (χ2v) is 8.84. The van der Waals surface area contributed by atoms with E-state index in [2.05, 4.69) is 15.8 Å². The van der Waals surface area contributed by atoms with Crippen LogP contribution in [0.4, 0.5) is 0 Å². The van der Waals surface area contributed by atoms with Crippen molar-refractivity contribution in [3.05, 3.63) is 95.6 Å². The third kappa shape index (κ3) is 7.59. The molecule has 0 saturated heterocycles. The van der Waals surface area contributed by atoms with Crippen LogP contribution < -0.4 is 20.2 Å². The minimum absolute atomic E-state index is 0.447. The van der Waals surface area contributed by atoms with E-state index in [1.54, 1.807) is 6.21 Å². The number of hydrogen-bond acceptors (Lipinski definition) is 4. The standard InChI is InChI=1S/C28H31N3O2S/c34-28(30-25-14-8-3-9-15-25)31-29-19-24-16-17-26(32-20-22-10-4-1-5-11-22)27(18-24)33-21-23-12-6-2-7-13-23/h1-2,4-7,10-13,16-19,25H,3,8-9,14-15,20-21H2,(H2,30,31,34). The lowest BCUT2D eigenvalue weighted by molar-refractivity contribution is 0.256. The van der Waals surface area contributed by atoms with Gasteiger partial charge in [0.05, 0.1) is 6.21 Å². The molecule has 0 unspecified atom stereocenters. The number of hydrogen-bond donors (Lipinski definition) is 2. The summed E-state index contributed by atoms with van der Waals surface area (Å²) in [5.74, 6) is 1.37. The van der Waals surface area contributed by atoms with Crippen LogP contribution in [0.3, 0.4) is 0 Å². The molecule has 1 aliphatic carbocycles. The van der Waals surface area contributed by atoms with E-state index < -0.39 is 0 Å². The third-order valence-electron chi connectivity index (χ3n) is 5.76. The fourth-order valence-corrected chi connectivity index (χ4v) is 4.16. The lowest BCUT2D eigenvalue weighted by Gasteiger charge is -2.23. The topological polar surface area (TPSA) is 54.9 Å². The minimum Gasteiger partial charge on any atom is -0.485 e. The van der Waals surface area contributed by atoms with Crippen LogP contribution in [0.1, 0.15) is 48.8 Å². The first-order valence-electron chi connectivity index (χ1n) is 11.8. The number of nitrogens with zero attached hydrogens (tertiary/aromatic N) is 1. The summed E-state index contributed by atoms with van der Waals surface area (Å²) in [6, 6.07) is 26.4. The van der Waals surface area contributed by atoms with Crippen LogP contribution in [0.25, 0.3) is 0 Å². The molecule has 5 nitrogen and oxygen atoms in total. The van der Waals surface area contributed by atoms with Gasteiger partial charge in [-0.1, -0.05) is 79.9 Å². The first-order chi connectivity index (χ1) is 16.8. The molecule has 0 aromatic heterocycles. The van der Waals surface area contributed by atoms with Crippen molar-refractivity contribution in [1.82, 2.24) is 10.7 Å². The average Bonchev–Trinajstić information content (AvgIpc) is 2.88. The number of hydrazone groups is 1. The van der Waals surface area contributed by atoms with Gasteiger partial charge >= 0.3 is 0 Å². The van der Waals surface area contributed by atoms with Crippen molar-refractivity contribution in [2.45, 2.75) is 51.4 Å². The smallest absolute Gasteiger partial charge is 0.187 e. The van der Waals surface area contributed by atoms with Gasteiger partial charge in [-0.25, -0.2) is 0 Å². The van der Waals surface area contributed by atoms with Crippen LogP contribution in [0, 0.1) is 0 Å². The Balaban J connectivity index is 1.40. The number of nitrogens with one attached hydrogen (secondary N) is 2. The molecule has 4 rings (SSSR count). The summed E-state index contributed by atoms with van der Waals surface area (Å²) in [4.78, 5) is 0. The highest BCUT2D eigenvalue weighted by Crippen LogP contribution is 2.29. The van der Waals surface area contributed by atoms with Crippen molar-refractivity contribution in [2.24, 2.45) is 5.10 Å². The lowest BCUT2D eigenvalue weighted by atomic mass is 9.96. The number of benzene rings is 3. The maximum absolute atomic E-state index is 6.14. The van der Waals surface area contributed by atoms with Gasteiger partial charge in [0.1, 0.15) is 13.2 Å². The molecule has 0 heterocycles. The fourth-order valence-electron chi connectivity index (χ4n) is 3.94. The van der Waals surface area contributed by atoms with Gasteiger partial charge in [0.15, 0.2) is 16.6 Å². The maximum Gasteiger partial charge on any atom is 0.187 e. The van der Waals surface area contributed by atoms with Gasteiger partial charge in [-0.3, -0.25) is 5.43 Å². The zero-order chi connectivity index (χ0) is 23.4. The molecule has 2 N–H and O–H groups in total. The quantitative estimate of drug-likeness (QED) is 0.228. The Hall–Kier alpha value is -3.38. The van der Waals surface area contributed by atoms with E-state index in [1.807, 2.05) is 78.9 Å². The van der Waals surface area contributed by atoms with E-state index in [9.17, 15) is 0 Å². The summed E-state index contributed by atoms with van der Waals surface area (Å²) >= 11 is 5.39. The number of ether oxygens (including phenoxy) is 2. The molecule has 1 fully saturated rings. The van der Waals surface area contributed by atoms with Crippen LogP contribution in [0.2, 0.25) is 0 Å². The van der Waals surface area contributed by atoms with Crippen LogP contribution >= 0.6 is 12.2 Å². The van der Waals surface area contributed by atoms with Gasteiger partial charge in [-0.05, 0) is 59.9 Å². The molecule has 3 aromatic carbocycles. The Morgan fingerprint density at radius 3 is 2.09 bits per heavy atom. The van der Waals surface area contributed by atoms with Crippen molar-refractivity contribution in [1.29, 1.82) is 0 Å². The van der Waals surface area contributed by atoms with Gasteiger partial charge in [-0.15, -0.1) is 0 Å². The predicted molar refractivity (Wildman–Crippen MR) is 141 cm³/mol. The Kier molecular flexibility index (Phi) is 8.91. The molecule has 0 atom stereocenters. The summed E-state index contributed by atoms with van der Waals surface area (Å²) in [6.45, 7) is 0.926. The molecule has 0 amide bonds. The summed E-state index contributed by atoms with van der Waals surface area (Å²) in [7, 11) is 0. The molecular weight excluding hydrogens is 442 g/mol. The first kappa shape index (κ1) is 23.8. The highest BCUT2D eigenvalue weighted by molar-refractivity contribution is 7.80. The number of rotatable bonds is 9. The van der Waals surface area contributed by atoms with Crippen molar-refractivity contribution < 1.29 is 9.47 Å². The molecule has 34 heavy (non-hydrogen) atoms. The van der Waals surface area contributed by atoms with Gasteiger partial charge < -0.3 is 14.8 Å². The SMILES string of the molecule is S=C(NN=Cc1ccc(OCc2ccccc2)c(OCc2ccccc2)c1)NC1CCCCC1. The van der Waals surface area contributed by atoms with Crippen molar-refractivity contribution in [3.63, 3.8) is 0 Å². The lowest BCUT2D eigenvalue weighted by Crippen LogP contribution is -2.40. The van der Waals surface area contributed by atoms with Gasteiger partial charge in [0, 0.05) is 6.04 Å². The maximum atomic E-state index is 6.14. The normalized spacial score (nSPS) is 14.0. The zero-order valence-electron chi connectivity index (χ0n) is 19.3. The van der Waals surface area contributed by atoms with Crippen LogP contribution in [0.5, 0.6) is 11.5 Å². The molecule has 6 heteroatoms. The van der Waals surface area contributed by atoms with Gasteiger partial charge in [0.25, 0.3) is 0 Å². The molecular formula is C28H31N3O2S. The second kappa shape index (κ2) is 12.8. The molecule has 3 aromatic rings. The van der Waals surface area contributed by atoms with Crippen LogP contribution in [-0.2, 0) is 13.2 Å². The summed E-state index contributed by atoms with van der Waals surface area (Å²) < 4.78 is 12.2. The summed E-state index contributed by atoms with van der Waals surface area (Å²) in [5, 5.41) is 8.23. The monoisotopic (exact) mass is 473 g/mol. The van der Waals surface area contributed by atoms with E-state index in [0.717, 1.165) is 29.5 Å². The Morgan fingerprint density at radius 2 is 1.44 bits per heavy atom. The van der Waals surface area contributed by atoms with Crippen molar-refractivity contribution >= 4 is 23.5 Å². The van der Waals surface area contributed by atoms with Gasteiger partial charge in [-0.2, -0.15) is 5.10 Å². The second-order valence-electron chi connectivity index (χ2n) is 8.43. The molecule has 0 spiro atoms. The average molecular weight is 474 g/mol. The van der Waals surface area contributed by atoms with Gasteiger partial charge in [0.2, 0.25) is 0 Å². The summed E-state index contributed by atoms with van der Waals surface area (Å²) in [6.07, 6.45) is 7.90. The van der Waals surface area contributed by atoms with E-state index >= 15 is 0 Å².